The molecule has 1 fully saturated rings. The highest BCUT2D eigenvalue weighted by atomic mass is 16.3. The Kier molecular flexibility index (Phi) is 4.18. The number of hydrogen-bond donors (Lipinski definition) is 2. The van der Waals surface area contributed by atoms with Crippen molar-refractivity contribution in [3.05, 3.63) is 17.5 Å². The number of nitrogens with zero attached hydrogens (tertiary/aromatic N) is 2. The molecular formula is C15H25N3O2. The molecule has 1 heterocycles. The first-order valence-corrected chi connectivity index (χ1v) is 7.33. The summed E-state index contributed by atoms with van der Waals surface area (Å²) in [7, 11) is 0. The maximum absolute atomic E-state index is 12.4. The molecule has 1 saturated carbocycles. The minimum absolute atomic E-state index is 0.0252. The summed E-state index contributed by atoms with van der Waals surface area (Å²) in [4.78, 5) is 12.4. The van der Waals surface area contributed by atoms with E-state index in [2.05, 4.69) is 24.3 Å². The first kappa shape index (κ1) is 15.0. The largest absolute Gasteiger partial charge is 0.394 e. The van der Waals surface area contributed by atoms with Crippen LogP contribution in [0.4, 0.5) is 0 Å². The Morgan fingerprint density at radius 3 is 2.75 bits per heavy atom. The van der Waals surface area contributed by atoms with Crippen LogP contribution in [0, 0.1) is 18.8 Å². The highest BCUT2D eigenvalue weighted by Crippen LogP contribution is 2.39. The lowest BCUT2D eigenvalue weighted by atomic mass is 9.96. The Morgan fingerprint density at radius 2 is 2.25 bits per heavy atom. The van der Waals surface area contributed by atoms with Crippen molar-refractivity contribution in [2.45, 2.75) is 52.6 Å². The smallest absolute Gasteiger partial charge is 0.255 e. The van der Waals surface area contributed by atoms with Crippen LogP contribution >= 0.6 is 0 Å². The highest BCUT2D eigenvalue weighted by Gasteiger charge is 2.42. The number of carbonyl (C=O) groups is 1. The van der Waals surface area contributed by atoms with Gasteiger partial charge in [0.25, 0.3) is 5.91 Å². The quantitative estimate of drug-likeness (QED) is 0.833. The average molecular weight is 279 g/mol. The van der Waals surface area contributed by atoms with Crippen LogP contribution in [0.15, 0.2) is 6.20 Å². The Balaban J connectivity index is 2.11. The molecule has 1 aromatic rings. The minimum atomic E-state index is -0.510. The first-order chi connectivity index (χ1) is 9.37. The number of nitrogens with one attached hydrogen (secondary N) is 1. The zero-order chi connectivity index (χ0) is 14.9. The van der Waals surface area contributed by atoms with Crippen molar-refractivity contribution in [3.63, 3.8) is 0 Å². The van der Waals surface area contributed by atoms with E-state index in [1.165, 1.54) is 0 Å². The lowest BCUT2D eigenvalue weighted by Gasteiger charge is -2.28. The van der Waals surface area contributed by atoms with Gasteiger partial charge < -0.3 is 10.4 Å². The van der Waals surface area contributed by atoms with Crippen molar-refractivity contribution in [1.82, 2.24) is 15.1 Å². The SMILES string of the molecule is Cc1c(C(=O)NC(C)(CO)C2CC2)cnn1CC(C)C. The fraction of sp³-hybridized carbons (Fsp3) is 0.733. The second-order valence-corrected chi connectivity index (χ2v) is 6.52. The van der Waals surface area contributed by atoms with Crippen LogP contribution in [0.2, 0.25) is 0 Å². The number of aliphatic hydroxyl groups is 1. The molecule has 1 aliphatic rings. The summed E-state index contributed by atoms with van der Waals surface area (Å²) in [6.07, 6.45) is 3.77. The molecule has 5 heteroatoms. The van der Waals surface area contributed by atoms with Gasteiger partial charge in [-0.2, -0.15) is 5.10 Å². The van der Waals surface area contributed by atoms with Crippen molar-refractivity contribution in [2.75, 3.05) is 6.61 Å². The van der Waals surface area contributed by atoms with Gasteiger partial charge in [-0.25, -0.2) is 0 Å². The van der Waals surface area contributed by atoms with Gasteiger partial charge in [0.05, 0.1) is 23.9 Å². The second kappa shape index (κ2) is 5.56. The number of aliphatic hydroxyl groups excluding tert-OH is 1. The first-order valence-electron chi connectivity index (χ1n) is 7.33. The molecule has 1 atom stereocenters. The van der Waals surface area contributed by atoms with E-state index in [1.807, 2.05) is 18.5 Å². The summed E-state index contributed by atoms with van der Waals surface area (Å²) in [5, 5.41) is 16.8. The predicted octanol–water partition coefficient (Wildman–Crippen LogP) is 1.74. The lowest BCUT2D eigenvalue weighted by Crippen LogP contribution is -2.50. The van der Waals surface area contributed by atoms with E-state index >= 15 is 0 Å². The van der Waals surface area contributed by atoms with Gasteiger partial charge in [-0.3, -0.25) is 9.48 Å². The molecule has 0 aromatic carbocycles. The van der Waals surface area contributed by atoms with E-state index in [1.54, 1.807) is 6.20 Å². The van der Waals surface area contributed by atoms with Gasteiger partial charge in [0.15, 0.2) is 0 Å². The summed E-state index contributed by atoms with van der Waals surface area (Å²) in [6, 6.07) is 0. The third-order valence-corrected chi connectivity index (χ3v) is 4.09. The lowest BCUT2D eigenvalue weighted by molar-refractivity contribution is 0.0823. The minimum Gasteiger partial charge on any atom is -0.394 e. The monoisotopic (exact) mass is 279 g/mol. The van der Waals surface area contributed by atoms with E-state index in [0.29, 0.717) is 17.4 Å². The molecular weight excluding hydrogens is 254 g/mol. The van der Waals surface area contributed by atoms with E-state index in [0.717, 1.165) is 25.1 Å². The fourth-order valence-corrected chi connectivity index (χ4v) is 2.52. The van der Waals surface area contributed by atoms with Gasteiger partial charge in [-0.15, -0.1) is 0 Å². The zero-order valence-corrected chi connectivity index (χ0v) is 12.8. The van der Waals surface area contributed by atoms with E-state index < -0.39 is 5.54 Å². The summed E-state index contributed by atoms with van der Waals surface area (Å²) < 4.78 is 1.87. The molecule has 112 valence electrons. The Morgan fingerprint density at radius 1 is 1.60 bits per heavy atom. The average Bonchev–Trinajstić information content (AvgIpc) is 3.16. The third-order valence-electron chi connectivity index (χ3n) is 4.09. The molecule has 2 rings (SSSR count). The third kappa shape index (κ3) is 3.03. The molecule has 0 bridgehead atoms. The standard InChI is InChI=1S/C15H25N3O2/c1-10(2)8-18-11(3)13(7-16-18)14(20)17-15(4,9-19)12-5-6-12/h7,10,12,19H,5-6,8-9H2,1-4H3,(H,17,20). The van der Waals surface area contributed by atoms with E-state index in [-0.39, 0.29) is 12.5 Å². The van der Waals surface area contributed by atoms with Crippen LogP contribution < -0.4 is 5.32 Å². The van der Waals surface area contributed by atoms with Crippen LogP contribution in [0.25, 0.3) is 0 Å². The summed E-state index contributed by atoms with van der Waals surface area (Å²) in [5.41, 5.74) is 0.974. The number of hydrogen-bond acceptors (Lipinski definition) is 3. The number of amides is 1. The molecule has 0 aliphatic heterocycles. The molecule has 5 nitrogen and oxygen atoms in total. The molecule has 2 N–H and O–H groups in total. The molecule has 0 radical (unpaired) electrons. The highest BCUT2D eigenvalue weighted by molar-refractivity contribution is 5.95. The molecule has 1 amide bonds. The number of carbonyl (C=O) groups excluding carboxylic acids is 1. The van der Waals surface area contributed by atoms with Gasteiger partial charge in [-0.1, -0.05) is 13.8 Å². The van der Waals surface area contributed by atoms with Gasteiger partial charge >= 0.3 is 0 Å². The van der Waals surface area contributed by atoms with Gasteiger partial charge in [-0.05, 0) is 38.5 Å². The maximum atomic E-state index is 12.4. The van der Waals surface area contributed by atoms with E-state index in [9.17, 15) is 9.90 Å². The summed E-state index contributed by atoms with van der Waals surface area (Å²) in [6.45, 7) is 8.85. The summed E-state index contributed by atoms with van der Waals surface area (Å²) in [5.74, 6) is 0.738. The van der Waals surface area contributed by atoms with Crippen molar-refractivity contribution in [1.29, 1.82) is 0 Å². The molecule has 20 heavy (non-hydrogen) atoms. The van der Waals surface area contributed by atoms with Crippen molar-refractivity contribution in [3.8, 4) is 0 Å². The van der Waals surface area contributed by atoms with Gasteiger partial charge in [0.1, 0.15) is 0 Å². The van der Waals surface area contributed by atoms with Crippen molar-refractivity contribution >= 4 is 5.91 Å². The van der Waals surface area contributed by atoms with Crippen LogP contribution in [0.1, 0.15) is 49.7 Å². The Labute approximate surface area is 120 Å². The Hall–Kier alpha value is -1.36. The second-order valence-electron chi connectivity index (χ2n) is 6.52. The van der Waals surface area contributed by atoms with Crippen molar-refractivity contribution < 1.29 is 9.90 Å². The normalized spacial score (nSPS) is 18.1. The molecule has 1 unspecified atom stereocenters. The van der Waals surface area contributed by atoms with Crippen LogP contribution in [0.5, 0.6) is 0 Å². The Bertz CT molecular complexity index is 491. The van der Waals surface area contributed by atoms with Crippen molar-refractivity contribution in [2.24, 2.45) is 11.8 Å². The van der Waals surface area contributed by atoms with Crippen LogP contribution in [-0.4, -0.2) is 32.9 Å². The predicted molar refractivity (Wildman–Crippen MR) is 77.5 cm³/mol. The molecule has 1 aromatic heterocycles. The summed E-state index contributed by atoms with van der Waals surface area (Å²) >= 11 is 0. The van der Waals surface area contributed by atoms with Crippen LogP contribution in [-0.2, 0) is 6.54 Å². The number of rotatable bonds is 6. The molecule has 0 saturated heterocycles. The number of aromatic nitrogens is 2. The van der Waals surface area contributed by atoms with Gasteiger partial charge in [0, 0.05) is 12.2 Å². The molecule has 1 aliphatic carbocycles. The van der Waals surface area contributed by atoms with E-state index in [4.69, 9.17) is 0 Å². The maximum Gasteiger partial charge on any atom is 0.255 e. The fourth-order valence-electron chi connectivity index (χ4n) is 2.52. The van der Waals surface area contributed by atoms with Gasteiger partial charge in [0.2, 0.25) is 0 Å². The zero-order valence-electron chi connectivity index (χ0n) is 12.8. The molecule has 0 spiro atoms. The topological polar surface area (TPSA) is 67.2 Å². The van der Waals surface area contributed by atoms with Crippen LogP contribution in [0.3, 0.4) is 0 Å².